The van der Waals surface area contributed by atoms with Crippen molar-refractivity contribution in [3.8, 4) is 0 Å². The zero-order valence-corrected chi connectivity index (χ0v) is 18.8. The van der Waals surface area contributed by atoms with Crippen LogP contribution in [0, 0.1) is 0 Å². The maximum absolute atomic E-state index is 12.7. The molecule has 0 saturated carbocycles. The predicted molar refractivity (Wildman–Crippen MR) is 128 cm³/mol. The second-order valence-corrected chi connectivity index (χ2v) is 9.25. The summed E-state index contributed by atoms with van der Waals surface area (Å²) in [6, 6.07) is 13.6. The van der Waals surface area contributed by atoms with Gasteiger partial charge < -0.3 is 4.57 Å². The van der Waals surface area contributed by atoms with Crippen molar-refractivity contribution in [1.82, 2.24) is 9.47 Å². The van der Waals surface area contributed by atoms with Gasteiger partial charge in [0.2, 0.25) is 0 Å². The van der Waals surface area contributed by atoms with Crippen molar-refractivity contribution in [2.75, 3.05) is 6.54 Å². The zero-order valence-electron chi connectivity index (χ0n) is 15.7. The van der Waals surface area contributed by atoms with Gasteiger partial charge in [0.1, 0.15) is 4.32 Å². The van der Waals surface area contributed by atoms with E-state index >= 15 is 0 Å². The van der Waals surface area contributed by atoms with Crippen LogP contribution < -0.4 is 0 Å². The maximum Gasteiger partial charge on any atom is 0.266 e. The van der Waals surface area contributed by atoms with Gasteiger partial charge in [-0.2, -0.15) is 0 Å². The van der Waals surface area contributed by atoms with Gasteiger partial charge in [-0.3, -0.25) is 9.69 Å². The number of nitrogens with zero attached hydrogens (tertiary/aromatic N) is 2. The molecule has 4 rings (SSSR count). The molecule has 1 amide bonds. The maximum atomic E-state index is 12.7. The molecule has 0 unspecified atom stereocenters. The monoisotopic (exact) mass is 460 g/mol. The van der Waals surface area contributed by atoms with Crippen LogP contribution in [0.3, 0.4) is 0 Å². The van der Waals surface area contributed by atoms with Crippen LogP contribution in [0.25, 0.3) is 17.0 Å². The van der Waals surface area contributed by atoms with E-state index < -0.39 is 0 Å². The molecule has 0 radical (unpaired) electrons. The lowest BCUT2D eigenvalue weighted by Crippen LogP contribution is -2.28. The first kappa shape index (κ1) is 20.5. The number of aromatic nitrogens is 1. The molecule has 29 heavy (non-hydrogen) atoms. The number of amides is 1. The minimum Gasteiger partial charge on any atom is -0.342 e. The lowest BCUT2D eigenvalue weighted by atomic mass is 10.1. The van der Waals surface area contributed by atoms with E-state index in [0.29, 0.717) is 32.4 Å². The van der Waals surface area contributed by atoms with Gasteiger partial charge in [-0.15, -0.1) is 0 Å². The zero-order chi connectivity index (χ0) is 20.5. The third-order valence-corrected chi connectivity index (χ3v) is 6.90. The summed E-state index contributed by atoms with van der Waals surface area (Å²) in [6.45, 7) is 3.23. The summed E-state index contributed by atoms with van der Waals surface area (Å²) >= 11 is 19.5. The van der Waals surface area contributed by atoms with Crippen LogP contribution >= 0.6 is 47.2 Å². The number of hydrogen-bond acceptors (Lipinski definition) is 3. The molecule has 148 valence electrons. The van der Waals surface area contributed by atoms with Gasteiger partial charge in [0.05, 0.1) is 11.4 Å². The van der Waals surface area contributed by atoms with Gasteiger partial charge in [-0.1, -0.05) is 78.4 Å². The van der Waals surface area contributed by atoms with Gasteiger partial charge in [0.25, 0.3) is 5.91 Å². The van der Waals surface area contributed by atoms with Crippen molar-refractivity contribution in [2.24, 2.45) is 0 Å². The Morgan fingerprint density at radius 2 is 1.83 bits per heavy atom. The first-order valence-corrected chi connectivity index (χ1v) is 11.2. The normalized spacial score (nSPS) is 15.8. The summed E-state index contributed by atoms with van der Waals surface area (Å²) in [7, 11) is 0. The number of thioether (sulfide) groups is 1. The molecule has 1 aliphatic rings. The summed E-state index contributed by atoms with van der Waals surface area (Å²) in [5.41, 5.74) is 2.90. The Balaban J connectivity index is 1.76. The Bertz CT molecular complexity index is 1130. The number of para-hydroxylation sites is 1. The number of carbonyl (C=O) groups is 1. The smallest absolute Gasteiger partial charge is 0.266 e. The third-order valence-electron chi connectivity index (χ3n) is 4.82. The molecule has 0 spiro atoms. The molecule has 1 aromatic heterocycles. The topological polar surface area (TPSA) is 25.2 Å². The Kier molecular flexibility index (Phi) is 6.02. The summed E-state index contributed by atoms with van der Waals surface area (Å²) < 4.78 is 2.73. The fraction of sp³-hybridized carbons (Fsp3) is 0.182. The number of fused-ring (bicyclic) bond motifs is 1. The van der Waals surface area contributed by atoms with E-state index in [9.17, 15) is 4.79 Å². The summed E-state index contributed by atoms with van der Waals surface area (Å²) in [4.78, 5) is 15.1. The van der Waals surface area contributed by atoms with Crippen molar-refractivity contribution in [1.29, 1.82) is 0 Å². The van der Waals surface area contributed by atoms with Crippen LogP contribution in [0.2, 0.25) is 10.0 Å². The molecule has 2 heterocycles. The molecule has 0 N–H and O–H groups in total. The molecule has 1 saturated heterocycles. The highest BCUT2D eigenvalue weighted by molar-refractivity contribution is 8.26. The van der Waals surface area contributed by atoms with Crippen molar-refractivity contribution in [2.45, 2.75) is 19.9 Å². The predicted octanol–water partition coefficient (Wildman–Crippen LogP) is 6.61. The molecule has 2 aromatic carbocycles. The number of hydrogen-bond donors (Lipinski definition) is 0. The number of halogens is 2. The summed E-state index contributed by atoms with van der Waals surface area (Å²) in [6.07, 6.45) is 4.84. The highest BCUT2D eigenvalue weighted by Gasteiger charge is 2.31. The van der Waals surface area contributed by atoms with Crippen LogP contribution in [-0.2, 0) is 11.3 Å². The average molecular weight is 461 g/mol. The van der Waals surface area contributed by atoms with Gasteiger partial charge in [0, 0.05) is 44.8 Å². The third kappa shape index (κ3) is 3.97. The quantitative estimate of drug-likeness (QED) is 0.316. The highest BCUT2D eigenvalue weighted by atomic mass is 35.5. The van der Waals surface area contributed by atoms with Crippen LogP contribution in [0.5, 0.6) is 0 Å². The van der Waals surface area contributed by atoms with Crippen molar-refractivity contribution in [3.63, 3.8) is 0 Å². The fourth-order valence-corrected chi connectivity index (χ4v) is 5.25. The molecule has 7 heteroatoms. The van der Waals surface area contributed by atoms with Crippen LogP contribution in [0.1, 0.15) is 24.5 Å². The molecule has 3 aromatic rings. The second-order valence-electron chi connectivity index (χ2n) is 6.76. The molecule has 0 aliphatic carbocycles. The molecular weight excluding hydrogens is 443 g/mol. The Morgan fingerprint density at radius 1 is 1.10 bits per heavy atom. The van der Waals surface area contributed by atoms with Gasteiger partial charge in [-0.25, -0.2) is 0 Å². The number of thiocarbonyl (C=S) groups is 1. The SMILES string of the molecule is CCCN1C(=O)/C(=C\c2cn(Cc3c(Cl)cccc3Cl)c3ccccc23)SC1=S. The molecule has 1 fully saturated rings. The molecule has 0 bridgehead atoms. The lowest BCUT2D eigenvalue weighted by Gasteiger charge is -2.11. The van der Waals surface area contributed by atoms with E-state index in [0.717, 1.165) is 28.5 Å². The van der Waals surface area contributed by atoms with Crippen LogP contribution in [0.15, 0.2) is 53.6 Å². The fourth-order valence-electron chi connectivity index (χ4n) is 3.43. The largest absolute Gasteiger partial charge is 0.342 e. The average Bonchev–Trinajstić information content (AvgIpc) is 3.18. The lowest BCUT2D eigenvalue weighted by molar-refractivity contribution is -0.122. The van der Waals surface area contributed by atoms with Crippen LogP contribution in [-0.4, -0.2) is 26.2 Å². The standard InChI is InChI=1S/C22H18Cl2N2OS2/c1-2-10-26-21(27)20(29-22(26)28)11-14-12-25(19-9-4-3-6-15(14)19)13-16-17(23)7-5-8-18(16)24/h3-9,11-12H,2,10,13H2,1H3/b20-11+. The van der Waals surface area contributed by atoms with Crippen molar-refractivity contribution >= 4 is 74.4 Å². The van der Waals surface area contributed by atoms with Crippen LogP contribution in [0.4, 0.5) is 0 Å². The van der Waals surface area contributed by atoms with Gasteiger partial charge >= 0.3 is 0 Å². The van der Waals surface area contributed by atoms with E-state index in [1.165, 1.54) is 11.8 Å². The minimum atomic E-state index is -0.0205. The van der Waals surface area contributed by atoms with Crippen molar-refractivity contribution < 1.29 is 4.79 Å². The van der Waals surface area contributed by atoms with Gasteiger partial charge in [-0.05, 0) is 30.7 Å². The van der Waals surface area contributed by atoms with Gasteiger partial charge in [0.15, 0.2) is 0 Å². The van der Waals surface area contributed by atoms with E-state index in [1.807, 2.05) is 49.5 Å². The highest BCUT2D eigenvalue weighted by Crippen LogP contribution is 2.35. The number of benzene rings is 2. The van der Waals surface area contributed by atoms with Crippen molar-refractivity contribution in [3.05, 3.63) is 74.7 Å². The minimum absolute atomic E-state index is 0.0205. The van der Waals surface area contributed by atoms with E-state index in [1.54, 1.807) is 4.90 Å². The van der Waals surface area contributed by atoms with E-state index in [2.05, 4.69) is 16.7 Å². The number of carbonyl (C=O) groups excluding carboxylic acids is 1. The molecule has 3 nitrogen and oxygen atoms in total. The molecule has 0 atom stereocenters. The Hall–Kier alpha value is -1.79. The first-order valence-electron chi connectivity index (χ1n) is 9.25. The second kappa shape index (κ2) is 8.52. The van der Waals surface area contributed by atoms with E-state index in [4.69, 9.17) is 35.4 Å². The Labute approximate surface area is 189 Å². The Morgan fingerprint density at radius 3 is 2.55 bits per heavy atom. The van der Waals surface area contributed by atoms with E-state index in [-0.39, 0.29) is 5.91 Å². The number of rotatable bonds is 5. The first-order chi connectivity index (χ1) is 14.0. The summed E-state index contributed by atoms with van der Waals surface area (Å²) in [5.74, 6) is -0.0205. The summed E-state index contributed by atoms with van der Waals surface area (Å²) in [5, 5.41) is 2.34. The molecule has 1 aliphatic heterocycles. The molecular formula is C22H18Cl2N2OS2.